The maximum absolute atomic E-state index is 13.1. The predicted octanol–water partition coefficient (Wildman–Crippen LogP) is 4.52. The summed E-state index contributed by atoms with van der Waals surface area (Å²) in [5.74, 6) is -0.286. The molecule has 0 saturated carbocycles. The molecule has 0 aliphatic rings. The van der Waals surface area contributed by atoms with Gasteiger partial charge in [-0.15, -0.1) is 0 Å². The largest absolute Gasteiger partial charge is 0.444 e. The number of ether oxygens (including phenoxy) is 1. The van der Waals surface area contributed by atoms with E-state index in [2.05, 4.69) is 21.2 Å². The van der Waals surface area contributed by atoms with Crippen molar-refractivity contribution in [2.45, 2.75) is 32.8 Å². The van der Waals surface area contributed by atoms with Gasteiger partial charge >= 0.3 is 6.09 Å². The van der Waals surface area contributed by atoms with Gasteiger partial charge in [0.1, 0.15) is 11.4 Å². The number of carbonyl (C=O) groups excluding carboxylic acids is 1. The van der Waals surface area contributed by atoms with E-state index in [0.717, 1.165) is 5.56 Å². The van der Waals surface area contributed by atoms with Crippen molar-refractivity contribution >= 4 is 28.1 Å². The highest BCUT2D eigenvalue weighted by atomic mass is 79.9. The summed E-state index contributed by atoms with van der Waals surface area (Å²) in [6.45, 7) is 5.92. The molecule has 0 heterocycles. The second kappa shape index (κ2) is 7.43. The Kier molecular flexibility index (Phi) is 6.20. The summed E-state index contributed by atoms with van der Waals surface area (Å²) >= 11 is 3.24. The van der Waals surface area contributed by atoms with E-state index in [1.807, 2.05) is 39.0 Å². The molecule has 1 N–H and O–H groups in total. The Labute approximate surface area is 127 Å². The Morgan fingerprint density at radius 2 is 2.10 bits per heavy atom. The average molecular weight is 344 g/mol. The van der Waals surface area contributed by atoms with Crippen molar-refractivity contribution < 1.29 is 13.9 Å². The van der Waals surface area contributed by atoms with E-state index in [4.69, 9.17) is 4.74 Å². The van der Waals surface area contributed by atoms with Gasteiger partial charge in [-0.05, 0) is 51.0 Å². The molecule has 3 nitrogen and oxygen atoms in total. The number of alkyl carbamates (subject to hydrolysis) is 1. The normalized spacial score (nSPS) is 11.7. The van der Waals surface area contributed by atoms with E-state index >= 15 is 0 Å². The van der Waals surface area contributed by atoms with Crippen LogP contribution in [0, 0.1) is 5.82 Å². The highest BCUT2D eigenvalue weighted by Crippen LogP contribution is 2.16. The van der Waals surface area contributed by atoms with Crippen molar-refractivity contribution in [1.29, 1.82) is 0 Å². The molecule has 20 heavy (non-hydrogen) atoms. The van der Waals surface area contributed by atoms with Gasteiger partial charge in [0.05, 0.1) is 0 Å². The first kappa shape index (κ1) is 16.7. The van der Waals surface area contributed by atoms with Crippen LogP contribution in [0.15, 0.2) is 28.7 Å². The van der Waals surface area contributed by atoms with Gasteiger partial charge in [-0.1, -0.05) is 28.1 Å². The average Bonchev–Trinajstić information content (AvgIpc) is 2.24. The summed E-state index contributed by atoms with van der Waals surface area (Å²) in [4.78, 5) is 11.4. The van der Waals surface area contributed by atoms with Gasteiger partial charge in [0.15, 0.2) is 0 Å². The summed E-state index contributed by atoms with van der Waals surface area (Å²) in [6, 6.07) is 4.67. The fourth-order valence-electron chi connectivity index (χ4n) is 1.46. The smallest absolute Gasteiger partial charge is 0.407 e. The minimum atomic E-state index is -0.492. The van der Waals surface area contributed by atoms with Crippen molar-refractivity contribution in [2.24, 2.45) is 0 Å². The van der Waals surface area contributed by atoms with E-state index in [1.165, 1.54) is 12.1 Å². The first-order valence-corrected chi connectivity index (χ1v) is 7.15. The fourth-order valence-corrected chi connectivity index (χ4v) is 1.95. The number of hydrogen-bond acceptors (Lipinski definition) is 2. The van der Waals surface area contributed by atoms with Gasteiger partial charge in [0.2, 0.25) is 0 Å². The molecule has 1 amide bonds. The summed E-state index contributed by atoms with van der Waals surface area (Å²) in [6.07, 6.45) is 3.90. The molecular weight excluding hydrogens is 325 g/mol. The Morgan fingerprint density at radius 1 is 1.40 bits per heavy atom. The van der Waals surface area contributed by atoms with Gasteiger partial charge in [-0.2, -0.15) is 0 Å². The van der Waals surface area contributed by atoms with Gasteiger partial charge < -0.3 is 10.1 Å². The monoisotopic (exact) mass is 343 g/mol. The molecule has 0 fully saturated rings. The second-order valence-electron chi connectivity index (χ2n) is 5.32. The SMILES string of the molecule is CC(C)(C)OC(=O)NCCC=Cc1cc(F)cc(Br)c1. The van der Waals surface area contributed by atoms with Crippen LogP contribution in [-0.2, 0) is 4.74 Å². The molecule has 0 aromatic heterocycles. The Balaban J connectivity index is 2.34. The molecule has 0 saturated heterocycles. The maximum Gasteiger partial charge on any atom is 0.407 e. The topological polar surface area (TPSA) is 38.3 Å². The molecule has 1 aromatic rings. The number of amides is 1. The summed E-state index contributed by atoms with van der Waals surface area (Å²) in [5.41, 5.74) is 0.280. The van der Waals surface area contributed by atoms with E-state index in [-0.39, 0.29) is 5.82 Å². The maximum atomic E-state index is 13.1. The van der Waals surface area contributed by atoms with E-state index in [1.54, 1.807) is 0 Å². The second-order valence-corrected chi connectivity index (χ2v) is 6.24. The van der Waals surface area contributed by atoms with Gasteiger partial charge in [0.25, 0.3) is 0 Å². The van der Waals surface area contributed by atoms with E-state index in [0.29, 0.717) is 17.4 Å². The zero-order valence-electron chi connectivity index (χ0n) is 11.9. The molecule has 0 radical (unpaired) electrons. The lowest BCUT2D eigenvalue weighted by Gasteiger charge is -2.19. The molecular formula is C15H19BrFNO2. The van der Waals surface area contributed by atoms with E-state index in [9.17, 15) is 9.18 Å². The van der Waals surface area contributed by atoms with Crippen LogP contribution in [0.1, 0.15) is 32.8 Å². The third kappa shape index (κ3) is 7.28. The third-order valence-electron chi connectivity index (χ3n) is 2.17. The summed E-state index contributed by atoms with van der Waals surface area (Å²) < 4.78 is 18.9. The molecule has 0 bridgehead atoms. The van der Waals surface area contributed by atoms with Gasteiger partial charge in [0, 0.05) is 11.0 Å². The van der Waals surface area contributed by atoms with Crippen LogP contribution in [0.4, 0.5) is 9.18 Å². The number of halogens is 2. The molecule has 110 valence electrons. The lowest BCUT2D eigenvalue weighted by atomic mass is 10.2. The minimum absolute atomic E-state index is 0.286. The third-order valence-corrected chi connectivity index (χ3v) is 2.63. The van der Waals surface area contributed by atoms with Crippen LogP contribution < -0.4 is 5.32 Å². The van der Waals surface area contributed by atoms with Crippen molar-refractivity contribution in [3.05, 3.63) is 40.1 Å². The molecule has 0 aliphatic carbocycles. The summed E-state index contributed by atoms with van der Waals surface area (Å²) in [5, 5.41) is 2.65. The Hall–Kier alpha value is -1.36. The first-order valence-electron chi connectivity index (χ1n) is 6.36. The number of rotatable bonds is 4. The quantitative estimate of drug-likeness (QED) is 0.816. The number of nitrogens with one attached hydrogen (secondary N) is 1. The molecule has 0 aliphatic heterocycles. The standard InChI is InChI=1S/C15H19BrFNO2/c1-15(2,3)20-14(19)18-7-5-4-6-11-8-12(16)10-13(17)9-11/h4,6,8-10H,5,7H2,1-3H3,(H,18,19). The molecule has 1 aromatic carbocycles. The highest BCUT2D eigenvalue weighted by molar-refractivity contribution is 9.10. The minimum Gasteiger partial charge on any atom is -0.444 e. The lowest BCUT2D eigenvalue weighted by molar-refractivity contribution is 0.0529. The van der Waals surface area contributed by atoms with Crippen LogP contribution in [0.25, 0.3) is 6.08 Å². The first-order chi connectivity index (χ1) is 9.26. The molecule has 1 rings (SSSR count). The number of carbonyl (C=O) groups is 1. The van der Waals surface area contributed by atoms with Crippen LogP contribution in [-0.4, -0.2) is 18.2 Å². The van der Waals surface area contributed by atoms with Gasteiger partial charge in [-0.3, -0.25) is 0 Å². The number of hydrogen-bond donors (Lipinski definition) is 1. The highest BCUT2D eigenvalue weighted by Gasteiger charge is 2.15. The van der Waals surface area contributed by atoms with Crippen LogP contribution in [0.5, 0.6) is 0 Å². The zero-order valence-corrected chi connectivity index (χ0v) is 13.5. The molecule has 0 unspecified atom stereocenters. The molecule has 0 spiro atoms. The number of benzene rings is 1. The van der Waals surface area contributed by atoms with Crippen LogP contribution >= 0.6 is 15.9 Å². The van der Waals surface area contributed by atoms with Crippen molar-refractivity contribution in [1.82, 2.24) is 5.32 Å². The Morgan fingerprint density at radius 3 is 2.70 bits per heavy atom. The van der Waals surface area contributed by atoms with Crippen molar-refractivity contribution in [2.75, 3.05) is 6.54 Å². The zero-order chi connectivity index (χ0) is 15.2. The van der Waals surface area contributed by atoms with Crippen molar-refractivity contribution in [3.8, 4) is 0 Å². The van der Waals surface area contributed by atoms with Gasteiger partial charge in [-0.25, -0.2) is 9.18 Å². The summed E-state index contributed by atoms with van der Waals surface area (Å²) in [7, 11) is 0. The molecule has 0 atom stereocenters. The molecule has 5 heteroatoms. The van der Waals surface area contributed by atoms with Crippen molar-refractivity contribution in [3.63, 3.8) is 0 Å². The van der Waals surface area contributed by atoms with Crippen LogP contribution in [0.2, 0.25) is 0 Å². The lowest BCUT2D eigenvalue weighted by Crippen LogP contribution is -2.32. The predicted molar refractivity (Wildman–Crippen MR) is 82.0 cm³/mol. The van der Waals surface area contributed by atoms with E-state index < -0.39 is 11.7 Å². The Bertz CT molecular complexity index is 475. The fraction of sp³-hybridized carbons (Fsp3) is 0.400. The van der Waals surface area contributed by atoms with Crippen LogP contribution in [0.3, 0.4) is 0 Å².